The molecule has 0 bridgehead atoms. The van der Waals surface area contributed by atoms with Crippen LogP contribution in [0.5, 0.6) is 0 Å². The number of nitroso groups, excluding NO2 is 1. The summed E-state index contributed by atoms with van der Waals surface area (Å²) in [5.74, 6) is 0. The largest absolute Gasteiger partial charge is 0.151 e. The van der Waals surface area contributed by atoms with E-state index in [4.69, 9.17) is 7.85 Å². The summed E-state index contributed by atoms with van der Waals surface area (Å²) in [4.78, 5) is 10.3. The molecule has 1 atom stereocenters. The van der Waals surface area contributed by atoms with Gasteiger partial charge in [0.25, 0.3) is 0 Å². The summed E-state index contributed by atoms with van der Waals surface area (Å²) in [6.07, 6.45) is 4.41. The molecule has 3 heteroatoms. The quantitative estimate of drug-likeness (QED) is 0.426. The fourth-order valence-corrected chi connectivity index (χ4v) is 1.13. The Bertz CT molecular complexity index is 119. The van der Waals surface area contributed by atoms with Gasteiger partial charge in [-0.15, -0.1) is 0 Å². The molecule has 0 aliphatic heterocycles. The molecule has 0 aromatic heterocycles. The summed E-state index contributed by atoms with van der Waals surface area (Å²) in [5, 5.41) is 2.98. The highest BCUT2D eigenvalue weighted by Gasteiger charge is 2.22. The predicted octanol–water partition coefficient (Wildman–Crippen LogP) is 2.61. The molecule has 62 valence electrons. The molecule has 2 nitrogen and oxygen atoms in total. The molecule has 0 saturated heterocycles. The summed E-state index contributed by atoms with van der Waals surface area (Å²) in [7, 11) is 5.71. The van der Waals surface area contributed by atoms with Crippen molar-refractivity contribution in [3.8, 4) is 0 Å². The van der Waals surface area contributed by atoms with E-state index >= 15 is 0 Å². The first-order valence-electron chi connectivity index (χ1n) is 4.32. The van der Waals surface area contributed by atoms with Crippen molar-refractivity contribution < 1.29 is 0 Å². The van der Waals surface area contributed by atoms with Crippen molar-refractivity contribution in [3.63, 3.8) is 0 Å². The van der Waals surface area contributed by atoms with E-state index in [0.29, 0.717) is 6.42 Å². The fourth-order valence-electron chi connectivity index (χ4n) is 1.13. The Balaban J connectivity index is 3.77. The summed E-state index contributed by atoms with van der Waals surface area (Å²) < 4.78 is 0. The third kappa shape index (κ3) is 4.17. The van der Waals surface area contributed by atoms with Crippen molar-refractivity contribution in [1.82, 2.24) is 0 Å². The van der Waals surface area contributed by atoms with Crippen molar-refractivity contribution in [2.75, 3.05) is 0 Å². The van der Waals surface area contributed by atoms with Crippen LogP contribution in [0.2, 0.25) is 0 Å². The lowest BCUT2D eigenvalue weighted by molar-refractivity contribution is 0.479. The van der Waals surface area contributed by atoms with Gasteiger partial charge in [-0.2, -0.15) is 4.91 Å². The minimum absolute atomic E-state index is 0.705. The molecule has 0 rings (SSSR count). The summed E-state index contributed by atoms with van der Waals surface area (Å²) in [6, 6.07) is 0. The molecule has 11 heavy (non-hydrogen) atoms. The monoisotopic (exact) mass is 153 g/mol. The highest BCUT2D eigenvalue weighted by molar-refractivity contribution is 6.15. The lowest BCUT2D eigenvalue weighted by atomic mass is 9.72. The van der Waals surface area contributed by atoms with Crippen LogP contribution >= 0.6 is 0 Å². The lowest BCUT2D eigenvalue weighted by Crippen LogP contribution is -2.25. The number of rotatable bonds is 6. The van der Waals surface area contributed by atoms with Gasteiger partial charge in [0.05, 0.1) is 5.44 Å². The van der Waals surface area contributed by atoms with E-state index < -0.39 is 5.44 Å². The third-order valence-electron chi connectivity index (χ3n) is 1.83. The maximum atomic E-state index is 10.3. The van der Waals surface area contributed by atoms with Gasteiger partial charge < -0.3 is 0 Å². The number of hydrogen-bond donors (Lipinski definition) is 0. The first-order valence-corrected chi connectivity index (χ1v) is 4.32. The first kappa shape index (κ1) is 10.7. The molecule has 0 heterocycles. The van der Waals surface area contributed by atoms with Crippen LogP contribution in [0.4, 0.5) is 0 Å². The summed E-state index contributed by atoms with van der Waals surface area (Å²) in [6.45, 7) is 4.09. The normalized spacial score (nSPS) is 15.8. The summed E-state index contributed by atoms with van der Waals surface area (Å²) in [5.41, 5.74) is -0.787. The van der Waals surface area contributed by atoms with Gasteiger partial charge in [-0.05, 0) is 12.8 Å². The van der Waals surface area contributed by atoms with Gasteiger partial charge in [0.15, 0.2) is 0 Å². The molecule has 0 aliphatic rings. The molecule has 0 amide bonds. The Hall–Kier alpha value is -0.335. The van der Waals surface area contributed by atoms with Crippen molar-refractivity contribution in [2.24, 2.45) is 5.18 Å². The van der Waals surface area contributed by atoms with E-state index in [0.717, 1.165) is 25.7 Å². The van der Waals surface area contributed by atoms with Gasteiger partial charge >= 0.3 is 0 Å². The molecule has 2 radical (unpaired) electrons. The zero-order chi connectivity index (χ0) is 8.74. The van der Waals surface area contributed by atoms with Crippen LogP contribution < -0.4 is 0 Å². The van der Waals surface area contributed by atoms with Gasteiger partial charge in [-0.1, -0.05) is 38.3 Å². The van der Waals surface area contributed by atoms with Gasteiger partial charge in [-0.3, -0.25) is 0 Å². The number of unbranched alkanes of at least 4 members (excludes halogenated alkanes) is 1. The molecule has 0 aromatic rings. The smallest absolute Gasteiger partial charge is 0.112 e. The van der Waals surface area contributed by atoms with E-state index in [2.05, 4.69) is 12.1 Å². The second kappa shape index (κ2) is 5.33. The van der Waals surface area contributed by atoms with Crippen LogP contribution in [-0.4, -0.2) is 13.3 Å². The van der Waals surface area contributed by atoms with Gasteiger partial charge in [-0.25, -0.2) is 0 Å². The molecule has 0 aliphatic carbocycles. The average Bonchev–Trinajstić information content (AvgIpc) is 2.02. The van der Waals surface area contributed by atoms with Crippen LogP contribution in [0.15, 0.2) is 5.18 Å². The van der Waals surface area contributed by atoms with Crippen LogP contribution in [0.3, 0.4) is 0 Å². The molecular weight excluding hydrogens is 137 g/mol. The molecule has 0 spiro atoms. The van der Waals surface area contributed by atoms with Gasteiger partial charge in [0.1, 0.15) is 7.85 Å². The molecular formula is C8H16BNO. The van der Waals surface area contributed by atoms with Crippen molar-refractivity contribution >= 4 is 7.85 Å². The Labute approximate surface area is 70.1 Å². The molecule has 0 fully saturated rings. The van der Waals surface area contributed by atoms with Crippen LogP contribution in [-0.2, 0) is 0 Å². The Morgan fingerprint density at radius 1 is 1.27 bits per heavy atom. The Morgan fingerprint density at radius 3 is 2.27 bits per heavy atom. The van der Waals surface area contributed by atoms with E-state index in [1.54, 1.807) is 0 Å². The van der Waals surface area contributed by atoms with Gasteiger partial charge in [0, 0.05) is 0 Å². The van der Waals surface area contributed by atoms with Crippen LogP contribution in [0.25, 0.3) is 0 Å². The van der Waals surface area contributed by atoms with E-state index in [1.807, 2.05) is 6.92 Å². The van der Waals surface area contributed by atoms with Crippen molar-refractivity contribution in [3.05, 3.63) is 4.91 Å². The highest BCUT2D eigenvalue weighted by atomic mass is 16.3. The SMILES string of the molecule is [B]C(CCC)(CCCC)N=O. The van der Waals surface area contributed by atoms with Crippen molar-refractivity contribution in [1.29, 1.82) is 0 Å². The minimum Gasteiger partial charge on any atom is -0.151 e. The van der Waals surface area contributed by atoms with Gasteiger partial charge in [0.2, 0.25) is 0 Å². The summed E-state index contributed by atoms with van der Waals surface area (Å²) >= 11 is 0. The zero-order valence-corrected chi connectivity index (χ0v) is 7.47. The molecule has 0 saturated carbocycles. The zero-order valence-electron chi connectivity index (χ0n) is 7.47. The van der Waals surface area contributed by atoms with E-state index in [9.17, 15) is 4.91 Å². The van der Waals surface area contributed by atoms with Crippen LogP contribution in [0.1, 0.15) is 46.0 Å². The van der Waals surface area contributed by atoms with Crippen molar-refractivity contribution in [2.45, 2.75) is 51.4 Å². The lowest BCUT2D eigenvalue weighted by Gasteiger charge is -2.20. The number of hydrogen-bond acceptors (Lipinski definition) is 2. The fraction of sp³-hybridized carbons (Fsp3) is 1.00. The predicted molar refractivity (Wildman–Crippen MR) is 48.7 cm³/mol. The standard InChI is InChI=1S/C8H16BNO/c1-3-5-7-8(9,10-11)6-4-2/h3-7H2,1-2H3. The third-order valence-corrected chi connectivity index (χ3v) is 1.83. The molecule has 0 N–H and O–H groups in total. The van der Waals surface area contributed by atoms with E-state index in [-0.39, 0.29) is 0 Å². The first-order chi connectivity index (χ1) is 5.18. The molecule has 0 aromatic carbocycles. The average molecular weight is 153 g/mol. The van der Waals surface area contributed by atoms with E-state index in [1.165, 1.54) is 0 Å². The Kier molecular flexibility index (Phi) is 5.17. The topological polar surface area (TPSA) is 29.4 Å². The maximum Gasteiger partial charge on any atom is 0.112 e. The molecule has 1 unspecified atom stereocenters. The second-order valence-electron chi connectivity index (χ2n) is 3.05. The maximum absolute atomic E-state index is 10.3. The minimum atomic E-state index is -0.787. The number of nitrogens with zero attached hydrogens (tertiary/aromatic N) is 1. The second-order valence-corrected chi connectivity index (χ2v) is 3.05. The highest BCUT2D eigenvalue weighted by Crippen LogP contribution is 2.20. The Morgan fingerprint density at radius 2 is 1.91 bits per heavy atom. The van der Waals surface area contributed by atoms with Crippen LogP contribution in [0, 0.1) is 4.91 Å².